The van der Waals surface area contributed by atoms with Crippen molar-refractivity contribution in [3.8, 4) is 0 Å². The van der Waals surface area contributed by atoms with Gasteiger partial charge in [0, 0.05) is 0 Å². The van der Waals surface area contributed by atoms with Crippen LogP contribution in [0, 0.1) is 0 Å². The molecule has 0 N–H and O–H groups in total. The van der Waals surface area contributed by atoms with Crippen molar-refractivity contribution >= 4 is 11.9 Å². The van der Waals surface area contributed by atoms with Gasteiger partial charge in [-0.05, 0) is 25.8 Å². The molecule has 1 aliphatic heterocycles. The van der Waals surface area contributed by atoms with Crippen molar-refractivity contribution in [2.24, 2.45) is 0 Å². The minimum Gasteiger partial charge on any atom is -0.343 e. The lowest BCUT2D eigenvalue weighted by Gasteiger charge is -2.34. The maximum absolute atomic E-state index is 11.6. The molecule has 1 fully saturated rings. The Labute approximate surface area is 107 Å². The number of carbonyl (C=O) groups excluding carboxylic acids is 1. The molecule has 96 valence electrons. The Kier molecular flexibility index (Phi) is 3.94. The van der Waals surface area contributed by atoms with Crippen LogP contribution in [0.3, 0.4) is 0 Å². The molecule has 0 spiro atoms. The van der Waals surface area contributed by atoms with Gasteiger partial charge >= 0.3 is 0 Å². The predicted octanol–water partition coefficient (Wildman–Crippen LogP) is 2.81. The van der Waals surface area contributed by atoms with Gasteiger partial charge in [0.25, 0.3) is 0 Å². The largest absolute Gasteiger partial charge is 0.343 e. The third-order valence-corrected chi connectivity index (χ3v) is 2.81. The zero-order valence-corrected chi connectivity index (χ0v) is 10.8. The molecule has 3 heteroatoms. The number of hydrogen-bond acceptors (Lipinski definition) is 3. The van der Waals surface area contributed by atoms with Gasteiger partial charge in [0.2, 0.25) is 0 Å². The van der Waals surface area contributed by atoms with Gasteiger partial charge in [-0.25, -0.2) is 0 Å². The highest BCUT2D eigenvalue weighted by molar-refractivity contribution is 5.85. The lowest BCUT2D eigenvalue weighted by Crippen LogP contribution is -2.45. The zero-order chi connectivity index (χ0) is 13.0. The summed E-state index contributed by atoms with van der Waals surface area (Å²) in [6.07, 6.45) is 4.16. The van der Waals surface area contributed by atoms with Crippen molar-refractivity contribution in [2.75, 3.05) is 6.61 Å². The summed E-state index contributed by atoms with van der Waals surface area (Å²) in [5.74, 6) is -0.661. The highest BCUT2D eigenvalue weighted by Crippen LogP contribution is 2.22. The summed E-state index contributed by atoms with van der Waals surface area (Å²) < 4.78 is 10.9. The first-order chi connectivity index (χ1) is 8.57. The molecule has 1 unspecified atom stereocenters. The summed E-state index contributed by atoms with van der Waals surface area (Å²) in [5, 5.41) is 0. The van der Waals surface area contributed by atoms with Crippen molar-refractivity contribution in [1.82, 2.24) is 0 Å². The Morgan fingerprint density at radius 3 is 2.78 bits per heavy atom. The van der Waals surface area contributed by atoms with Gasteiger partial charge in [0.15, 0.2) is 11.6 Å². The molecule has 0 bridgehead atoms. The molecule has 0 aliphatic carbocycles. The fourth-order valence-corrected chi connectivity index (χ4v) is 1.85. The molecule has 0 aromatic heterocycles. The lowest BCUT2D eigenvalue weighted by molar-refractivity contribution is -0.257. The number of benzene rings is 1. The highest BCUT2D eigenvalue weighted by atomic mass is 16.7. The molecule has 0 radical (unpaired) electrons. The fraction of sp³-hybridized carbons (Fsp3) is 0.400. The Hall–Kier alpha value is -1.45. The smallest absolute Gasteiger partial charge is 0.187 e. The Balaban J connectivity index is 1.93. The molecular weight excluding hydrogens is 228 g/mol. The van der Waals surface area contributed by atoms with Crippen LogP contribution < -0.4 is 0 Å². The highest BCUT2D eigenvalue weighted by Gasteiger charge is 2.34. The Bertz CT molecular complexity index is 434. The van der Waals surface area contributed by atoms with E-state index in [0.717, 1.165) is 5.56 Å². The number of carbonyl (C=O) groups is 1. The van der Waals surface area contributed by atoms with Crippen molar-refractivity contribution in [3.05, 3.63) is 42.0 Å². The van der Waals surface area contributed by atoms with Crippen LogP contribution >= 0.6 is 0 Å². The van der Waals surface area contributed by atoms with Crippen LogP contribution in [0.2, 0.25) is 0 Å². The van der Waals surface area contributed by atoms with E-state index in [9.17, 15) is 4.79 Å². The van der Waals surface area contributed by atoms with E-state index in [0.29, 0.717) is 6.42 Å². The average Bonchev–Trinajstić information content (AvgIpc) is 2.35. The van der Waals surface area contributed by atoms with Crippen molar-refractivity contribution in [1.29, 1.82) is 0 Å². The van der Waals surface area contributed by atoms with Gasteiger partial charge in [-0.1, -0.05) is 42.5 Å². The van der Waals surface area contributed by atoms with E-state index in [1.807, 2.05) is 56.3 Å². The van der Waals surface area contributed by atoms with E-state index in [1.165, 1.54) is 0 Å². The molecule has 1 atom stereocenters. The molecule has 0 saturated carbocycles. The summed E-state index contributed by atoms with van der Waals surface area (Å²) in [7, 11) is 0. The van der Waals surface area contributed by atoms with Crippen LogP contribution in [0.25, 0.3) is 6.08 Å². The molecule has 1 aliphatic rings. The van der Waals surface area contributed by atoms with E-state index < -0.39 is 11.9 Å². The molecule has 3 nitrogen and oxygen atoms in total. The van der Waals surface area contributed by atoms with E-state index in [4.69, 9.17) is 9.47 Å². The molecule has 1 aromatic carbocycles. The molecular formula is C15H18O3. The zero-order valence-electron chi connectivity index (χ0n) is 10.8. The van der Waals surface area contributed by atoms with Crippen LogP contribution in [0.1, 0.15) is 25.8 Å². The van der Waals surface area contributed by atoms with Crippen LogP contribution in [0.4, 0.5) is 0 Å². The van der Waals surface area contributed by atoms with Crippen molar-refractivity contribution in [2.45, 2.75) is 32.2 Å². The van der Waals surface area contributed by atoms with Gasteiger partial charge in [-0.2, -0.15) is 0 Å². The minimum absolute atomic E-state index is 0.00652. The average molecular weight is 246 g/mol. The van der Waals surface area contributed by atoms with Crippen molar-refractivity contribution < 1.29 is 14.3 Å². The first-order valence-corrected chi connectivity index (χ1v) is 6.13. The molecule has 18 heavy (non-hydrogen) atoms. The molecule has 2 rings (SSSR count). The predicted molar refractivity (Wildman–Crippen MR) is 70.0 cm³/mol. The quantitative estimate of drug-likeness (QED) is 0.822. The summed E-state index contributed by atoms with van der Waals surface area (Å²) in [5.41, 5.74) is 1.12. The molecule has 1 saturated heterocycles. The Morgan fingerprint density at radius 2 is 2.06 bits per heavy atom. The lowest BCUT2D eigenvalue weighted by atomic mass is 10.1. The van der Waals surface area contributed by atoms with Crippen LogP contribution in [-0.2, 0) is 14.3 Å². The second kappa shape index (κ2) is 5.46. The van der Waals surface area contributed by atoms with E-state index in [1.54, 1.807) is 0 Å². The topological polar surface area (TPSA) is 35.5 Å². The maximum Gasteiger partial charge on any atom is 0.187 e. The number of rotatable bonds is 3. The van der Waals surface area contributed by atoms with E-state index >= 15 is 0 Å². The fourth-order valence-electron chi connectivity index (χ4n) is 1.85. The summed E-state index contributed by atoms with van der Waals surface area (Å²) in [6, 6.07) is 9.99. The molecule has 1 aromatic rings. The monoisotopic (exact) mass is 246 g/mol. The van der Waals surface area contributed by atoms with Gasteiger partial charge in [-0.15, -0.1) is 0 Å². The number of Topliss-reactive ketones (excluding diaryl/α,β-unsaturated/α-hetero) is 1. The van der Waals surface area contributed by atoms with Gasteiger partial charge < -0.3 is 9.47 Å². The third kappa shape index (κ3) is 3.52. The first kappa shape index (κ1) is 13.0. The Morgan fingerprint density at radius 1 is 1.33 bits per heavy atom. The maximum atomic E-state index is 11.6. The standard InChI is InChI=1S/C15H18O3/c1-15(2)17-11-13(16)14(18-15)10-6-9-12-7-4-3-5-8-12/h3-9,14H,10-11H2,1-2H3/b9-6+. The summed E-state index contributed by atoms with van der Waals surface area (Å²) >= 11 is 0. The van der Waals surface area contributed by atoms with E-state index in [-0.39, 0.29) is 12.4 Å². The van der Waals surface area contributed by atoms with Crippen LogP contribution in [0.5, 0.6) is 0 Å². The molecule has 1 heterocycles. The van der Waals surface area contributed by atoms with Crippen molar-refractivity contribution in [3.63, 3.8) is 0 Å². The molecule has 0 amide bonds. The SMILES string of the molecule is CC1(C)OCC(=O)C(C/C=C/c2ccccc2)O1. The van der Waals surface area contributed by atoms with Gasteiger partial charge in [0.05, 0.1) is 0 Å². The first-order valence-electron chi connectivity index (χ1n) is 6.13. The van der Waals surface area contributed by atoms with Crippen LogP contribution in [-0.4, -0.2) is 24.3 Å². The number of ketones is 1. The number of hydrogen-bond donors (Lipinski definition) is 0. The second-order valence-electron chi connectivity index (χ2n) is 4.81. The summed E-state index contributed by atoms with van der Waals surface area (Å²) in [6.45, 7) is 3.79. The number of ether oxygens (including phenoxy) is 2. The third-order valence-electron chi connectivity index (χ3n) is 2.81. The van der Waals surface area contributed by atoms with E-state index in [2.05, 4.69) is 0 Å². The van der Waals surface area contributed by atoms with Gasteiger partial charge in [-0.3, -0.25) is 4.79 Å². The van der Waals surface area contributed by atoms with Crippen LogP contribution in [0.15, 0.2) is 36.4 Å². The normalized spacial score (nSPS) is 23.4. The second-order valence-corrected chi connectivity index (χ2v) is 4.81. The minimum atomic E-state index is -0.667. The summed E-state index contributed by atoms with van der Waals surface area (Å²) in [4.78, 5) is 11.6. The van der Waals surface area contributed by atoms with Gasteiger partial charge in [0.1, 0.15) is 12.7 Å².